The minimum atomic E-state index is 0.630. The SMILES string of the molecule is CC(C)SCc1cc2c(CN)cccc2s1. The molecule has 0 atom stereocenters. The molecule has 2 rings (SSSR count). The zero-order valence-corrected chi connectivity index (χ0v) is 11.3. The van der Waals surface area contributed by atoms with Gasteiger partial charge in [-0.3, -0.25) is 0 Å². The van der Waals surface area contributed by atoms with Gasteiger partial charge in [-0.1, -0.05) is 26.0 Å². The molecule has 0 bridgehead atoms. The zero-order chi connectivity index (χ0) is 11.5. The Hall–Kier alpha value is -0.510. The minimum absolute atomic E-state index is 0.630. The Kier molecular flexibility index (Phi) is 3.90. The second-order valence-electron chi connectivity index (χ2n) is 4.11. The van der Waals surface area contributed by atoms with E-state index in [1.807, 2.05) is 23.1 Å². The summed E-state index contributed by atoms with van der Waals surface area (Å²) < 4.78 is 1.36. The maximum Gasteiger partial charge on any atom is 0.0349 e. The van der Waals surface area contributed by atoms with Gasteiger partial charge in [0.2, 0.25) is 0 Å². The molecule has 1 nitrogen and oxygen atoms in total. The lowest BCUT2D eigenvalue weighted by Crippen LogP contribution is -1.95. The molecule has 0 aliphatic carbocycles. The molecule has 2 N–H and O–H groups in total. The second-order valence-corrected chi connectivity index (χ2v) is 6.84. The fourth-order valence-corrected chi connectivity index (χ4v) is 3.60. The molecule has 0 amide bonds. The Balaban J connectivity index is 2.29. The lowest BCUT2D eigenvalue weighted by molar-refractivity contribution is 1.09. The van der Waals surface area contributed by atoms with Gasteiger partial charge in [-0.15, -0.1) is 11.3 Å². The Morgan fingerprint density at radius 1 is 1.38 bits per heavy atom. The van der Waals surface area contributed by atoms with Crippen LogP contribution in [0.3, 0.4) is 0 Å². The van der Waals surface area contributed by atoms with Crippen LogP contribution in [-0.2, 0) is 12.3 Å². The molecule has 86 valence electrons. The number of rotatable bonds is 4. The zero-order valence-electron chi connectivity index (χ0n) is 9.69. The van der Waals surface area contributed by atoms with Crippen molar-refractivity contribution in [2.24, 2.45) is 5.73 Å². The van der Waals surface area contributed by atoms with Gasteiger partial charge in [0.15, 0.2) is 0 Å². The topological polar surface area (TPSA) is 26.0 Å². The monoisotopic (exact) mass is 251 g/mol. The second kappa shape index (κ2) is 5.21. The summed E-state index contributed by atoms with van der Waals surface area (Å²) in [6, 6.07) is 8.70. The lowest BCUT2D eigenvalue weighted by Gasteiger charge is -2.01. The van der Waals surface area contributed by atoms with Crippen molar-refractivity contribution in [1.82, 2.24) is 0 Å². The van der Waals surface area contributed by atoms with E-state index in [0.717, 1.165) is 5.75 Å². The minimum Gasteiger partial charge on any atom is -0.326 e. The maximum atomic E-state index is 5.75. The van der Waals surface area contributed by atoms with Crippen molar-refractivity contribution < 1.29 is 0 Å². The van der Waals surface area contributed by atoms with Crippen LogP contribution in [0.4, 0.5) is 0 Å². The van der Waals surface area contributed by atoms with E-state index in [9.17, 15) is 0 Å². The van der Waals surface area contributed by atoms with Gasteiger partial charge in [-0.2, -0.15) is 11.8 Å². The Bertz CT molecular complexity index is 474. The lowest BCUT2D eigenvalue weighted by atomic mass is 10.1. The van der Waals surface area contributed by atoms with Crippen LogP contribution in [0, 0.1) is 0 Å². The first-order chi connectivity index (χ1) is 7.70. The molecule has 0 spiro atoms. The van der Waals surface area contributed by atoms with E-state index in [1.165, 1.54) is 20.5 Å². The van der Waals surface area contributed by atoms with Crippen LogP contribution >= 0.6 is 23.1 Å². The number of benzene rings is 1. The average molecular weight is 251 g/mol. The van der Waals surface area contributed by atoms with Crippen LogP contribution in [0.5, 0.6) is 0 Å². The first kappa shape index (κ1) is 12.0. The van der Waals surface area contributed by atoms with E-state index in [1.54, 1.807) is 0 Å². The number of nitrogens with two attached hydrogens (primary N) is 1. The fourth-order valence-electron chi connectivity index (χ4n) is 1.67. The fraction of sp³-hybridized carbons (Fsp3) is 0.385. The third kappa shape index (κ3) is 2.59. The predicted molar refractivity (Wildman–Crippen MR) is 76.1 cm³/mol. The number of hydrogen-bond donors (Lipinski definition) is 1. The molecule has 0 aliphatic heterocycles. The van der Waals surface area contributed by atoms with E-state index in [-0.39, 0.29) is 0 Å². The number of thioether (sulfide) groups is 1. The third-order valence-corrected chi connectivity index (χ3v) is 4.91. The summed E-state index contributed by atoms with van der Waals surface area (Å²) in [5, 5.41) is 2.04. The maximum absolute atomic E-state index is 5.75. The molecular formula is C13H17NS2. The van der Waals surface area contributed by atoms with Crippen LogP contribution in [0.1, 0.15) is 24.3 Å². The molecule has 0 radical (unpaired) electrons. The summed E-state index contributed by atoms with van der Waals surface area (Å²) >= 11 is 3.88. The normalized spacial score (nSPS) is 11.5. The van der Waals surface area contributed by atoms with Crippen LogP contribution in [0.15, 0.2) is 24.3 Å². The van der Waals surface area contributed by atoms with Crippen molar-refractivity contribution in [2.45, 2.75) is 31.4 Å². The van der Waals surface area contributed by atoms with Gasteiger partial charge < -0.3 is 5.73 Å². The summed E-state index contributed by atoms with van der Waals surface area (Å²) in [4.78, 5) is 1.45. The Labute approximate surface area is 105 Å². The van der Waals surface area contributed by atoms with Gasteiger partial charge in [-0.25, -0.2) is 0 Å². The van der Waals surface area contributed by atoms with E-state index in [2.05, 4.69) is 38.1 Å². The van der Waals surface area contributed by atoms with Crippen LogP contribution in [0.25, 0.3) is 10.1 Å². The van der Waals surface area contributed by atoms with Crippen molar-refractivity contribution in [3.8, 4) is 0 Å². The van der Waals surface area contributed by atoms with Gasteiger partial charge in [0.25, 0.3) is 0 Å². The van der Waals surface area contributed by atoms with Crippen LogP contribution in [0.2, 0.25) is 0 Å². The van der Waals surface area contributed by atoms with Crippen LogP contribution in [-0.4, -0.2) is 5.25 Å². The van der Waals surface area contributed by atoms with Crippen molar-refractivity contribution in [2.75, 3.05) is 0 Å². The smallest absolute Gasteiger partial charge is 0.0349 e. The molecular weight excluding hydrogens is 234 g/mol. The highest BCUT2D eigenvalue weighted by Crippen LogP contribution is 2.31. The van der Waals surface area contributed by atoms with E-state index < -0.39 is 0 Å². The highest BCUT2D eigenvalue weighted by molar-refractivity contribution is 7.99. The summed E-state index contributed by atoms with van der Waals surface area (Å²) in [5.74, 6) is 1.11. The van der Waals surface area contributed by atoms with Crippen molar-refractivity contribution in [3.05, 3.63) is 34.7 Å². The van der Waals surface area contributed by atoms with E-state index in [4.69, 9.17) is 5.73 Å². The molecule has 1 aromatic carbocycles. The molecule has 0 aliphatic rings. The van der Waals surface area contributed by atoms with Crippen LogP contribution < -0.4 is 5.73 Å². The molecule has 2 aromatic rings. The van der Waals surface area contributed by atoms with Crippen molar-refractivity contribution in [1.29, 1.82) is 0 Å². The number of thiophene rings is 1. The number of hydrogen-bond acceptors (Lipinski definition) is 3. The highest BCUT2D eigenvalue weighted by atomic mass is 32.2. The highest BCUT2D eigenvalue weighted by Gasteiger charge is 2.05. The van der Waals surface area contributed by atoms with Crippen molar-refractivity contribution >= 4 is 33.2 Å². The summed E-state index contributed by atoms with van der Waals surface area (Å²) in [6.45, 7) is 5.11. The summed E-state index contributed by atoms with van der Waals surface area (Å²) in [5.41, 5.74) is 7.01. The molecule has 0 fully saturated rings. The van der Waals surface area contributed by atoms with E-state index >= 15 is 0 Å². The van der Waals surface area contributed by atoms with Gasteiger partial charge in [-0.05, 0) is 28.3 Å². The van der Waals surface area contributed by atoms with E-state index in [0.29, 0.717) is 11.8 Å². The van der Waals surface area contributed by atoms with Gasteiger partial charge in [0, 0.05) is 21.9 Å². The molecule has 16 heavy (non-hydrogen) atoms. The predicted octanol–water partition coefficient (Wildman–Crippen LogP) is 4.00. The number of fused-ring (bicyclic) bond motifs is 1. The molecule has 3 heteroatoms. The molecule has 1 aromatic heterocycles. The van der Waals surface area contributed by atoms with Gasteiger partial charge >= 0.3 is 0 Å². The first-order valence-corrected chi connectivity index (χ1v) is 7.39. The Morgan fingerprint density at radius 3 is 2.88 bits per heavy atom. The Morgan fingerprint density at radius 2 is 2.19 bits per heavy atom. The average Bonchev–Trinajstić information content (AvgIpc) is 2.68. The molecule has 1 heterocycles. The van der Waals surface area contributed by atoms with Gasteiger partial charge in [0.05, 0.1) is 0 Å². The third-order valence-electron chi connectivity index (χ3n) is 2.48. The molecule has 0 saturated heterocycles. The largest absolute Gasteiger partial charge is 0.326 e. The summed E-state index contributed by atoms with van der Waals surface area (Å²) in [6.07, 6.45) is 0. The first-order valence-electron chi connectivity index (χ1n) is 5.52. The van der Waals surface area contributed by atoms with Gasteiger partial charge in [0.1, 0.15) is 0 Å². The molecule has 0 saturated carbocycles. The van der Waals surface area contributed by atoms with Crippen molar-refractivity contribution in [3.63, 3.8) is 0 Å². The molecule has 0 unspecified atom stereocenters. The summed E-state index contributed by atoms with van der Waals surface area (Å²) in [7, 11) is 0. The standard InChI is InChI=1S/C13H17NS2/c1-9(2)15-8-11-6-12-10(7-14)4-3-5-13(12)16-11/h3-6,9H,7-8,14H2,1-2H3. The quantitative estimate of drug-likeness (QED) is 0.888.